The van der Waals surface area contributed by atoms with Gasteiger partial charge in [-0.3, -0.25) is 24.1 Å². The summed E-state index contributed by atoms with van der Waals surface area (Å²) in [5.41, 5.74) is 1.11. The number of aliphatic carboxylic acids is 1. The van der Waals surface area contributed by atoms with Crippen molar-refractivity contribution in [3.05, 3.63) is 52.0 Å². The Morgan fingerprint density at radius 1 is 1.08 bits per heavy atom. The van der Waals surface area contributed by atoms with E-state index in [-0.39, 0.29) is 61.4 Å². The maximum atomic E-state index is 14.4. The topological polar surface area (TPSA) is 161 Å². The summed E-state index contributed by atoms with van der Waals surface area (Å²) in [6.45, 7) is 11.0. The van der Waals surface area contributed by atoms with Gasteiger partial charge in [0.1, 0.15) is 22.8 Å². The van der Waals surface area contributed by atoms with Gasteiger partial charge in [0.05, 0.1) is 18.6 Å². The Kier molecular flexibility index (Phi) is 17.0. The van der Waals surface area contributed by atoms with Crippen molar-refractivity contribution < 1.29 is 34.1 Å². The summed E-state index contributed by atoms with van der Waals surface area (Å²) >= 11 is 1.16. The maximum Gasteiger partial charge on any atom is 0.306 e. The third-order valence-electron chi connectivity index (χ3n) is 10.1. The highest BCUT2D eigenvalue weighted by Crippen LogP contribution is 2.29. The lowest BCUT2D eigenvalue weighted by Crippen LogP contribution is -2.59. The number of methoxy groups -OCH3 is 1. The molecule has 0 unspecified atom stereocenters. The zero-order valence-corrected chi connectivity index (χ0v) is 32.2. The Bertz CT molecular complexity index is 1410. The summed E-state index contributed by atoms with van der Waals surface area (Å²) in [5.74, 6) is -2.58. The van der Waals surface area contributed by atoms with Gasteiger partial charge in [0, 0.05) is 37.5 Å². The van der Waals surface area contributed by atoms with Gasteiger partial charge >= 0.3 is 5.97 Å². The third kappa shape index (κ3) is 12.4. The highest BCUT2D eigenvalue weighted by atomic mass is 32.1. The summed E-state index contributed by atoms with van der Waals surface area (Å²) < 4.78 is 5.40. The summed E-state index contributed by atoms with van der Waals surface area (Å²) in [7, 11) is 3.52. The number of rotatable bonds is 20. The van der Waals surface area contributed by atoms with E-state index >= 15 is 0 Å². The molecule has 2 aromatic rings. The quantitative estimate of drug-likeness (QED) is 0.154. The van der Waals surface area contributed by atoms with Crippen LogP contribution >= 0.6 is 11.3 Å². The number of aliphatic hydroxyl groups excluding tert-OH is 1. The van der Waals surface area contributed by atoms with Gasteiger partial charge in [-0.15, -0.1) is 11.3 Å². The van der Waals surface area contributed by atoms with Crippen molar-refractivity contribution in [2.75, 3.05) is 33.9 Å². The number of aliphatic hydroxyl groups is 1. The van der Waals surface area contributed by atoms with E-state index in [0.717, 1.165) is 42.7 Å². The van der Waals surface area contributed by atoms with E-state index in [9.17, 15) is 29.4 Å². The number of likely N-dealkylation sites (N-methyl/N-ethyl adjacent to an activating group) is 1. The van der Waals surface area contributed by atoms with Crippen LogP contribution in [0.3, 0.4) is 0 Å². The molecule has 1 fully saturated rings. The second-order valence-corrected chi connectivity index (χ2v) is 15.2. The minimum absolute atomic E-state index is 0.0593. The van der Waals surface area contributed by atoms with Gasteiger partial charge in [-0.05, 0) is 56.7 Å². The third-order valence-corrected chi connectivity index (χ3v) is 11.0. The van der Waals surface area contributed by atoms with Crippen LogP contribution in [-0.4, -0.2) is 107 Å². The number of aromatic nitrogens is 1. The number of nitrogens with zero attached hydrogens (tertiary/aromatic N) is 3. The number of piperidine rings is 1. The minimum Gasteiger partial charge on any atom is -0.481 e. The molecule has 0 saturated carbocycles. The molecule has 12 nitrogen and oxygen atoms in total. The number of hydrogen-bond acceptors (Lipinski definition) is 9. The van der Waals surface area contributed by atoms with Gasteiger partial charge in [0.2, 0.25) is 11.8 Å². The standard InChI is InChI=1S/C38H59N5O7S/c1-8-25(4)33(41-35(46)30-16-12-13-17-42(30)6)37(47)43(18-19-50-7)31(24(2)3)22-32(44)36-40-29(23-51-36)34(45)39-28(20-26(5)38(48)49)21-27-14-10-9-11-15-27/h9-11,14-15,23-26,28,30-33,44H,8,12-13,16-22H2,1-7H3,(H,39,45)(H,41,46)(H,48,49)/t25-,26-,28+,30+,31+,32+,33-/m0/s1. The number of thiazole rings is 1. The number of ether oxygens (including phenoxy) is 1. The monoisotopic (exact) mass is 729 g/mol. The summed E-state index contributed by atoms with van der Waals surface area (Å²) in [6, 6.07) is 7.68. The molecule has 1 aliphatic heterocycles. The molecular formula is C38H59N5O7S. The zero-order valence-electron chi connectivity index (χ0n) is 31.3. The van der Waals surface area contributed by atoms with Crippen LogP contribution in [0.4, 0.5) is 0 Å². The van der Waals surface area contributed by atoms with Gasteiger partial charge in [0.25, 0.3) is 5.91 Å². The van der Waals surface area contributed by atoms with Gasteiger partial charge < -0.3 is 30.5 Å². The minimum atomic E-state index is -1.07. The van der Waals surface area contributed by atoms with Crippen LogP contribution in [0.2, 0.25) is 0 Å². The first-order chi connectivity index (χ1) is 24.3. The highest BCUT2D eigenvalue weighted by Gasteiger charge is 2.38. The first kappa shape index (κ1) is 42.0. The lowest BCUT2D eigenvalue weighted by molar-refractivity contribution is -0.143. The van der Waals surface area contributed by atoms with E-state index in [1.807, 2.05) is 65.1 Å². The molecule has 7 atom stereocenters. The molecule has 3 rings (SSSR count). The molecule has 1 aliphatic rings. The molecule has 284 valence electrons. The fourth-order valence-electron chi connectivity index (χ4n) is 6.66. The molecule has 1 aromatic heterocycles. The second-order valence-electron chi connectivity index (χ2n) is 14.4. The maximum absolute atomic E-state index is 14.4. The van der Waals surface area contributed by atoms with E-state index in [0.29, 0.717) is 17.8 Å². The first-order valence-electron chi connectivity index (χ1n) is 18.3. The van der Waals surface area contributed by atoms with Crippen molar-refractivity contribution in [2.45, 2.75) is 110 Å². The Labute approximate surface area is 307 Å². The zero-order chi connectivity index (χ0) is 37.7. The number of benzene rings is 1. The average molecular weight is 730 g/mol. The van der Waals surface area contributed by atoms with Crippen molar-refractivity contribution in [3.8, 4) is 0 Å². The number of nitrogens with one attached hydrogen (secondary N) is 2. The first-order valence-corrected chi connectivity index (χ1v) is 19.2. The number of carboxylic acid groups (broad SMARTS) is 1. The number of carboxylic acids is 1. The van der Waals surface area contributed by atoms with Crippen molar-refractivity contribution >= 4 is 35.0 Å². The van der Waals surface area contributed by atoms with Crippen LogP contribution < -0.4 is 10.6 Å². The van der Waals surface area contributed by atoms with Crippen molar-refractivity contribution in [2.24, 2.45) is 17.8 Å². The largest absolute Gasteiger partial charge is 0.481 e. The molecule has 2 heterocycles. The molecule has 4 N–H and O–H groups in total. The van der Waals surface area contributed by atoms with Crippen LogP contribution in [0.1, 0.15) is 100 Å². The molecule has 13 heteroatoms. The van der Waals surface area contributed by atoms with E-state index in [4.69, 9.17) is 4.74 Å². The fraction of sp³-hybridized carbons (Fsp3) is 0.658. The molecule has 0 spiro atoms. The van der Waals surface area contributed by atoms with Crippen molar-refractivity contribution in [1.29, 1.82) is 0 Å². The number of hydrogen-bond donors (Lipinski definition) is 4. The lowest BCUT2D eigenvalue weighted by Gasteiger charge is -2.39. The molecule has 0 radical (unpaired) electrons. The molecule has 1 saturated heterocycles. The Balaban J connectivity index is 1.79. The number of likely N-dealkylation sites (tertiary alicyclic amines) is 1. The molecule has 0 bridgehead atoms. The number of carbonyl (C=O) groups excluding carboxylic acids is 3. The van der Waals surface area contributed by atoms with Crippen LogP contribution in [0.5, 0.6) is 0 Å². The summed E-state index contributed by atoms with van der Waals surface area (Å²) in [5, 5.41) is 29.0. The normalized spacial score (nSPS) is 18.6. The molecular weight excluding hydrogens is 671 g/mol. The van der Waals surface area contributed by atoms with Crippen molar-refractivity contribution in [3.63, 3.8) is 0 Å². The molecule has 51 heavy (non-hydrogen) atoms. The van der Waals surface area contributed by atoms with Crippen LogP contribution in [0.25, 0.3) is 0 Å². The second kappa shape index (κ2) is 20.6. The van der Waals surface area contributed by atoms with E-state index < -0.39 is 42.0 Å². The number of carbonyl (C=O) groups is 4. The summed E-state index contributed by atoms with van der Waals surface area (Å²) in [4.78, 5) is 61.2. The van der Waals surface area contributed by atoms with Crippen LogP contribution in [0, 0.1) is 17.8 Å². The van der Waals surface area contributed by atoms with Gasteiger partial charge in [-0.1, -0.05) is 77.8 Å². The predicted molar refractivity (Wildman–Crippen MR) is 198 cm³/mol. The molecule has 0 aliphatic carbocycles. The van der Waals surface area contributed by atoms with Gasteiger partial charge in [-0.25, -0.2) is 4.98 Å². The van der Waals surface area contributed by atoms with E-state index in [1.54, 1.807) is 24.3 Å². The van der Waals surface area contributed by atoms with E-state index in [1.165, 1.54) is 0 Å². The Hall–Kier alpha value is -3.39. The smallest absolute Gasteiger partial charge is 0.306 e. The van der Waals surface area contributed by atoms with Gasteiger partial charge in [0.15, 0.2) is 0 Å². The fourth-order valence-corrected chi connectivity index (χ4v) is 7.46. The molecule has 1 aromatic carbocycles. The van der Waals surface area contributed by atoms with E-state index in [2.05, 4.69) is 20.5 Å². The summed E-state index contributed by atoms with van der Waals surface area (Å²) in [6.07, 6.45) is 3.26. The van der Waals surface area contributed by atoms with Gasteiger partial charge in [-0.2, -0.15) is 0 Å². The Morgan fingerprint density at radius 2 is 1.78 bits per heavy atom. The van der Waals surface area contributed by atoms with Crippen LogP contribution in [0.15, 0.2) is 35.7 Å². The number of amides is 3. The van der Waals surface area contributed by atoms with Crippen LogP contribution in [-0.2, 0) is 25.5 Å². The average Bonchev–Trinajstić information content (AvgIpc) is 3.61. The SMILES string of the molecule is CC[C@H](C)[C@H](NC(=O)[C@H]1CCCCN1C)C(=O)N(CCOC)[C@H](C[C@@H](O)c1nc(C(=O)N[C@@H](Cc2ccccc2)C[C@H](C)C(=O)O)cs1)C(C)C. The molecule has 3 amide bonds. The lowest BCUT2D eigenvalue weighted by atomic mass is 9.92. The highest BCUT2D eigenvalue weighted by molar-refractivity contribution is 7.09. The van der Waals surface area contributed by atoms with Crippen molar-refractivity contribution in [1.82, 2.24) is 25.4 Å². The predicted octanol–water partition coefficient (Wildman–Crippen LogP) is 4.53. The Morgan fingerprint density at radius 3 is 2.39 bits per heavy atom.